The summed E-state index contributed by atoms with van der Waals surface area (Å²) in [6, 6.07) is 11.9. The van der Waals surface area contributed by atoms with Crippen molar-refractivity contribution in [2.45, 2.75) is 0 Å². The molecule has 0 saturated carbocycles. The van der Waals surface area contributed by atoms with Gasteiger partial charge in [-0.1, -0.05) is 54.3 Å². The monoisotopic (exact) mass is 315 g/mol. The Morgan fingerprint density at radius 1 is 1.19 bits per heavy atom. The van der Waals surface area contributed by atoms with Crippen molar-refractivity contribution < 1.29 is 9.53 Å². The number of carbonyl (C=O) groups is 1. The van der Waals surface area contributed by atoms with Crippen molar-refractivity contribution in [3.05, 3.63) is 46.9 Å². The van der Waals surface area contributed by atoms with Gasteiger partial charge in [-0.15, -0.1) is 0 Å². The fraction of sp³-hybridized carbons (Fsp3) is 0.125. The van der Waals surface area contributed by atoms with Gasteiger partial charge in [-0.2, -0.15) is 0 Å². The van der Waals surface area contributed by atoms with Crippen molar-refractivity contribution >= 4 is 51.1 Å². The molecule has 0 N–H and O–H groups in total. The van der Waals surface area contributed by atoms with Crippen LogP contribution in [0.25, 0.3) is 16.8 Å². The zero-order valence-electron chi connectivity index (χ0n) is 11.6. The third-order valence-corrected chi connectivity index (χ3v) is 4.90. The van der Waals surface area contributed by atoms with E-state index < -0.39 is 0 Å². The second kappa shape index (κ2) is 5.50. The number of thioether (sulfide) groups is 1. The van der Waals surface area contributed by atoms with Gasteiger partial charge in [0, 0.05) is 12.4 Å². The molecule has 0 aromatic heterocycles. The van der Waals surface area contributed by atoms with Crippen LogP contribution in [-0.2, 0) is 4.79 Å². The number of rotatable bonds is 2. The molecule has 2 aromatic rings. The summed E-state index contributed by atoms with van der Waals surface area (Å²) in [6.07, 6.45) is 1.89. The first kappa shape index (κ1) is 14.1. The molecule has 1 saturated heterocycles. The first-order valence-corrected chi connectivity index (χ1v) is 7.61. The molecule has 106 valence electrons. The number of methoxy groups -OCH3 is 1. The summed E-state index contributed by atoms with van der Waals surface area (Å²) >= 11 is 6.49. The van der Waals surface area contributed by atoms with Crippen molar-refractivity contribution in [3.8, 4) is 5.75 Å². The lowest BCUT2D eigenvalue weighted by molar-refractivity contribution is -0.121. The summed E-state index contributed by atoms with van der Waals surface area (Å²) < 4.78 is 5.97. The van der Waals surface area contributed by atoms with Crippen molar-refractivity contribution in [2.75, 3.05) is 14.2 Å². The van der Waals surface area contributed by atoms with Crippen LogP contribution in [0, 0.1) is 0 Å². The highest BCUT2D eigenvalue weighted by atomic mass is 32.2. The van der Waals surface area contributed by atoms with Gasteiger partial charge in [-0.3, -0.25) is 9.69 Å². The molecule has 1 fully saturated rings. The standard InChI is InChI=1S/C16H13NO2S2/c1-17-15(18)14(21-16(17)20)9-10-7-8-13(19-2)12-6-4-3-5-11(10)12/h3-9H,1-2H3/b14-9+. The van der Waals surface area contributed by atoms with Gasteiger partial charge in [0.25, 0.3) is 5.91 Å². The van der Waals surface area contributed by atoms with Crippen LogP contribution in [0.1, 0.15) is 5.56 Å². The Bertz CT molecular complexity index is 783. The van der Waals surface area contributed by atoms with Crippen LogP contribution >= 0.6 is 24.0 Å². The lowest BCUT2D eigenvalue weighted by atomic mass is 10.0. The van der Waals surface area contributed by atoms with Crippen molar-refractivity contribution in [2.24, 2.45) is 0 Å². The molecule has 21 heavy (non-hydrogen) atoms. The van der Waals surface area contributed by atoms with E-state index in [1.54, 1.807) is 14.2 Å². The summed E-state index contributed by atoms with van der Waals surface area (Å²) in [7, 11) is 3.36. The third kappa shape index (κ3) is 2.43. The zero-order chi connectivity index (χ0) is 15.0. The maximum atomic E-state index is 12.1. The average molecular weight is 315 g/mol. The van der Waals surface area contributed by atoms with Crippen molar-refractivity contribution in [1.29, 1.82) is 0 Å². The number of carbonyl (C=O) groups excluding carboxylic acids is 1. The lowest BCUT2D eigenvalue weighted by Gasteiger charge is -2.08. The largest absolute Gasteiger partial charge is 0.496 e. The molecule has 0 aliphatic carbocycles. The Balaban J connectivity index is 2.14. The molecular formula is C16H13NO2S2. The van der Waals surface area contributed by atoms with Gasteiger partial charge in [0.15, 0.2) is 0 Å². The smallest absolute Gasteiger partial charge is 0.265 e. The number of benzene rings is 2. The van der Waals surface area contributed by atoms with Crippen LogP contribution in [-0.4, -0.2) is 29.3 Å². The Labute approximate surface area is 132 Å². The van der Waals surface area contributed by atoms with E-state index in [0.29, 0.717) is 9.23 Å². The summed E-state index contributed by atoms with van der Waals surface area (Å²) in [5.74, 6) is 0.774. The predicted octanol–water partition coefficient (Wildman–Crippen LogP) is 3.68. The lowest BCUT2D eigenvalue weighted by Crippen LogP contribution is -2.22. The van der Waals surface area contributed by atoms with E-state index in [0.717, 1.165) is 22.1 Å². The van der Waals surface area contributed by atoms with Gasteiger partial charge >= 0.3 is 0 Å². The van der Waals surface area contributed by atoms with Crippen LogP contribution < -0.4 is 4.74 Å². The highest BCUT2D eigenvalue weighted by Crippen LogP contribution is 2.34. The fourth-order valence-electron chi connectivity index (χ4n) is 2.29. The number of nitrogens with zero attached hydrogens (tertiary/aromatic N) is 1. The van der Waals surface area contributed by atoms with Crippen LogP contribution in [0.5, 0.6) is 5.75 Å². The van der Waals surface area contributed by atoms with Crippen LogP contribution in [0.2, 0.25) is 0 Å². The van der Waals surface area contributed by atoms with Gasteiger partial charge in [-0.05, 0) is 23.1 Å². The molecule has 1 aliphatic heterocycles. The van der Waals surface area contributed by atoms with Gasteiger partial charge in [0.05, 0.1) is 12.0 Å². The number of likely N-dealkylation sites (N-methyl/N-ethyl adjacent to an activating group) is 1. The Morgan fingerprint density at radius 3 is 2.52 bits per heavy atom. The van der Waals surface area contributed by atoms with E-state index in [2.05, 4.69) is 0 Å². The summed E-state index contributed by atoms with van der Waals surface area (Å²) in [6.45, 7) is 0. The minimum absolute atomic E-state index is 0.0510. The molecule has 0 spiro atoms. The van der Waals surface area contributed by atoms with E-state index in [-0.39, 0.29) is 5.91 Å². The molecule has 3 rings (SSSR count). The number of thiocarbonyl (C=S) groups is 1. The van der Waals surface area contributed by atoms with Crippen LogP contribution in [0.15, 0.2) is 41.3 Å². The van der Waals surface area contributed by atoms with Crippen molar-refractivity contribution in [1.82, 2.24) is 4.90 Å². The van der Waals surface area contributed by atoms with E-state index in [1.165, 1.54) is 16.7 Å². The SMILES string of the molecule is COc1ccc(/C=C2/SC(=S)N(C)C2=O)c2ccccc12. The minimum Gasteiger partial charge on any atom is -0.496 e. The Hall–Kier alpha value is -1.85. The second-order valence-corrected chi connectivity index (χ2v) is 6.32. The van der Waals surface area contributed by atoms with Crippen LogP contribution in [0.3, 0.4) is 0 Å². The van der Waals surface area contributed by atoms with Crippen LogP contribution in [0.4, 0.5) is 0 Å². The van der Waals surface area contributed by atoms with Gasteiger partial charge in [0.2, 0.25) is 0 Å². The highest BCUT2D eigenvalue weighted by Gasteiger charge is 2.28. The number of hydrogen-bond acceptors (Lipinski definition) is 4. The molecule has 1 aliphatic rings. The normalized spacial score (nSPS) is 17.0. The minimum atomic E-state index is -0.0510. The quantitative estimate of drug-likeness (QED) is 0.624. The molecule has 0 radical (unpaired) electrons. The highest BCUT2D eigenvalue weighted by molar-refractivity contribution is 8.26. The van der Waals surface area contributed by atoms with Crippen molar-refractivity contribution in [3.63, 3.8) is 0 Å². The molecule has 3 nitrogen and oxygen atoms in total. The summed E-state index contributed by atoms with van der Waals surface area (Å²) in [5.41, 5.74) is 0.986. The topological polar surface area (TPSA) is 29.5 Å². The molecule has 5 heteroatoms. The average Bonchev–Trinajstić information content (AvgIpc) is 2.75. The molecule has 0 bridgehead atoms. The van der Waals surface area contributed by atoms with E-state index in [4.69, 9.17) is 17.0 Å². The van der Waals surface area contributed by atoms with Gasteiger partial charge < -0.3 is 4.74 Å². The number of fused-ring (bicyclic) bond motifs is 1. The Kier molecular flexibility index (Phi) is 3.69. The van der Waals surface area contributed by atoms with E-state index >= 15 is 0 Å². The maximum absolute atomic E-state index is 12.1. The molecule has 1 heterocycles. The fourth-order valence-corrected chi connectivity index (χ4v) is 3.46. The zero-order valence-corrected chi connectivity index (χ0v) is 13.3. The number of hydrogen-bond donors (Lipinski definition) is 0. The predicted molar refractivity (Wildman–Crippen MR) is 91.4 cm³/mol. The molecular weight excluding hydrogens is 302 g/mol. The Morgan fingerprint density at radius 2 is 1.90 bits per heavy atom. The second-order valence-electron chi connectivity index (χ2n) is 4.64. The first-order chi connectivity index (χ1) is 10.1. The van der Waals surface area contributed by atoms with Gasteiger partial charge in [0.1, 0.15) is 10.1 Å². The van der Waals surface area contributed by atoms with Gasteiger partial charge in [-0.25, -0.2) is 0 Å². The molecule has 2 aromatic carbocycles. The molecule has 0 atom stereocenters. The summed E-state index contributed by atoms with van der Waals surface area (Å²) in [4.78, 5) is 14.3. The number of ether oxygens (including phenoxy) is 1. The maximum Gasteiger partial charge on any atom is 0.265 e. The van der Waals surface area contributed by atoms with E-state index in [9.17, 15) is 4.79 Å². The van der Waals surface area contributed by atoms with E-state index in [1.807, 2.05) is 42.5 Å². The number of amides is 1. The summed E-state index contributed by atoms with van der Waals surface area (Å²) in [5, 5.41) is 2.08. The first-order valence-electron chi connectivity index (χ1n) is 6.39. The molecule has 0 unspecified atom stereocenters. The third-order valence-electron chi connectivity index (χ3n) is 3.41. The molecule has 1 amide bonds.